The van der Waals surface area contributed by atoms with Gasteiger partial charge in [0.15, 0.2) is 0 Å². The van der Waals surface area contributed by atoms with Gasteiger partial charge in [0.1, 0.15) is 0 Å². The quantitative estimate of drug-likeness (QED) is 0.133. The minimum atomic E-state index is 1.06. The van der Waals surface area contributed by atoms with Gasteiger partial charge in [-0.05, 0) is 115 Å². The highest BCUT2D eigenvalue weighted by Gasteiger charge is 2.24. The van der Waals surface area contributed by atoms with Crippen molar-refractivity contribution in [3.05, 3.63) is 291 Å². The maximum absolute atomic E-state index is 2.45. The van der Waals surface area contributed by atoms with Gasteiger partial charge in [-0.25, -0.2) is 0 Å². The van der Waals surface area contributed by atoms with E-state index in [0.717, 1.165) is 45.0 Å². The molecule has 0 bridgehead atoms. The third-order valence-corrected chi connectivity index (χ3v) is 14.2. The second kappa shape index (κ2) is 18.4. The van der Waals surface area contributed by atoms with Crippen LogP contribution in [-0.2, 0) is 0 Å². The molecule has 0 fully saturated rings. The molecule has 12 aromatic carbocycles. The Kier molecular flexibility index (Phi) is 10.9. The molecule has 2 nitrogen and oxygen atoms in total. The Morgan fingerprint density at radius 2 is 0.681 bits per heavy atom. The van der Waals surface area contributed by atoms with Crippen LogP contribution in [0.3, 0.4) is 0 Å². The first-order valence-electron chi connectivity index (χ1n) is 24.8. The second-order valence-corrected chi connectivity index (χ2v) is 18.4. The zero-order valence-corrected chi connectivity index (χ0v) is 39.6. The van der Waals surface area contributed by atoms with Crippen LogP contribution in [0.1, 0.15) is 0 Å². The van der Waals surface area contributed by atoms with E-state index >= 15 is 0 Å². The van der Waals surface area contributed by atoms with Crippen molar-refractivity contribution in [2.75, 3.05) is 4.90 Å². The molecule has 0 radical (unpaired) electrons. The van der Waals surface area contributed by atoms with Crippen LogP contribution in [0.5, 0.6) is 0 Å². The lowest BCUT2D eigenvalue weighted by Gasteiger charge is -2.30. The molecule has 0 unspecified atom stereocenters. The molecule has 72 heavy (non-hydrogen) atoms. The van der Waals surface area contributed by atoms with Crippen molar-refractivity contribution in [2.24, 2.45) is 0 Å². The molecule has 0 aliphatic heterocycles. The minimum Gasteiger partial charge on any atom is -0.310 e. The molecule has 0 amide bonds. The SMILES string of the molecule is c1ccc(-c2ccccc2-c2c(-c3ccccc3)cccc2N(c2ccc(-c3ccc(-c4cccc5ccccc45)cc3)cc2)c2ccc(-c3cccc4c5ccccc5n(-c5ccccc5)c34)cc2)cc1. The van der Waals surface area contributed by atoms with Crippen LogP contribution in [0.2, 0.25) is 0 Å². The summed E-state index contributed by atoms with van der Waals surface area (Å²) in [6.07, 6.45) is 0. The van der Waals surface area contributed by atoms with E-state index in [1.54, 1.807) is 0 Å². The lowest BCUT2D eigenvalue weighted by molar-refractivity contribution is 1.18. The van der Waals surface area contributed by atoms with Crippen LogP contribution in [0, 0.1) is 0 Å². The van der Waals surface area contributed by atoms with Crippen LogP contribution >= 0.6 is 0 Å². The van der Waals surface area contributed by atoms with Crippen molar-refractivity contribution in [3.63, 3.8) is 0 Å². The summed E-state index contributed by atoms with van der Waals surface area (Å²) >= 11 is 0. The average Bonchev–Trinajstić information content (AvgIpc) is 3.81. The van der Waals surface area contributed by atoms with Gasteiger partial charge in [0.2, 0.25) is 0 Å². The summed E-state index contributed by atoms with van der Waals surface area (Å²) < 4.78 is 2.42. The smallest absolute Gasteiger partial charge is 0.0619 e. The van der Waals surface area contributed by atoms with E-state index in [1.165, 1.54) is 77.1 Å². The summed E-state index contributed by atoms with van der Waals surface area (Å²) in [6, 6.07) is 106. The molecule has 13 aromatic rings. The molecular formula is C70H48N2. The molecule has 0 N–H and O–H groups in total. The van der Waals surface area contributed by atoms with Gasteiger partial charge in [0, 0.05) is 39.0 Å². The van der Waals surface area contributed by atoms with Crippen molar-refractivity contribution >= 4 is 49.6 Å². The van der Waals surface area contributed by atoms with Crippen molar-refractivity contribution < 1.29 is 0 Å². The first-order chi connectivity index (χ1) is 35.7. The van der Waals surface area contributed by atoms with E-state index in [-0.39, 0.29) is 0 Å². The van der Waals surface area contributed by atoms with Crippen molar-refractivity contribution in [1.29, 1.82) is 0 Å². The van der Waals surface area contributed by atoms with Gasteiger partial charge in [-0.2, -0.15) is 0 Å². The lowest BCUT2D eigenvalue weighted by Crippen LogP contribution is -2.12. The summed E-state index contributed by atoms with van der Waals surface area (Å²) in [4.78, 5) is 2.45. The summed E-state index contributed by atoms with van der Waals surface area (Å²) in [5.74, 6) is 0. The number of para-hydroxylation sites is 3. The third kappa shape index (κ3) is 7.63. The fraction of sp³-hybridized carbons (Fsp3) is 0. The van der Waals surface area contributed by atoms with E-state index in [1.807, 2.05) is 0 Å². The van der Waals surface area contributed by atoms with Crippen LogP contribution in [0.15, 0.2) is 291 Å². The Labute approximate surface area is 420 Å². The topological polar surface area (TPSA) is 8.17 Å². The largest absolute Gasteiger partial charge is 0.310 e. The normalized spacial score (nSPS) is 11.3. The van der Waals surface area contributed by atoms with Gasteiger partial charge >= 0.3 is 0 Å². The van der Waals surface area contributed by atoms with Crippen LogP contribution in [0.25, 0.3) is 105 Å². The van der Waals surface area contributed by atoms with Gasteiger partial charge in [0.25, 0.3) is 0 Å². The van der Waals surface area contributed by atoms with Gasteiger partial charge in [-0.15, -0.1) is 0 Å². The number of anilines is 3. The number of rotatable bonds is 10. The number of aromatic nitrogens is 1. The number of hydrogen-bond acceptors (Lipinski definition) is 1. The highest BCUT2D eigenvalue weighted by molar-refractivity contribution is 6.14. The van der Waals surface area contributed by atoms with Gasteiger partial charge < -0.3 is 9.47 Å². The lowest BCUT2D eigenvalue weighted by atomic mass is 9.87. The molecule has 338 valence electrons. The zero-order chi connectivity index (χ0) is 47.8. The number of benzene rings is 12. The van der Waals surface area contributed by atoms with Crippen LogP contribution in [-0.4, -0.2) is 4.57 Å². The van der Waals surface area contributed by atoms with E-state index in [0.29, 0.717) is 0 Å². The van der Waals surface area contributed by atoms with E-state index in [9.17, 15) is 0 Å². The summed E-state index contributed by atoms with van der Waals surface area (Å²) in [7, 11) is 0. The summed E-state index contributed by atoms with van der Waals surface area (Å²) in [5, 5.41) is 4.99. The second-order valence-electron chi connectivity index (χ2n) is 18.4. The maximum atomic E-state index is 2.45. The fourth-order valence-electron chi connectivity index (χ4n) is 10.9. The van der Waals surface area contributed by atoms with E-state index < -0.39 is 0 Å². The molecule has 0 saturated heterocycles. The maximum Gasteiger partial charge on any atom is 0.0619 e. The Bertz CT molecular complexity index is 4040. The zero-order valence-electron chi connectivity index (χ0n) is 39.6. The van der Waals surface area contributed by atoms with Crippen LogP contribution < -0.4 is 4.90 Å². The molecule has 0 spiro atoms. The summed E-state index contributed by atoms with van der Waals surface area (Å²) in [5.41, 5.74) is 20.9. The standard InChI is InChI=1S/C70H48N2/c1-4-19-51(20-5-1)61-28-12-13-30-65(61)69-62(53-21-6-2-7-22-53)32-18-36-68(69)71(57-45-41-50(42-46-57)49-37-39-54(40-38-49)60-31-16-24-52-23-10-11-27-59(52)60)58-47-43-55(44-48-58)63-33-17-34-66-64-29-14-15-35-67(64)72(70(63)66)56-25-8-3-9-26-56/h1-48H. The highest BCUT2D eigenvalue weighted by Crippen LogP contribution is 2.49. The predicted octanol–water partition coefficient (Wildman–Crippen LogP) is 19.4. The molecule has 1 heterocycles. The number of fused-ring (bicyclic) bond motifs is 4. The Hall–Kier alpha value is -9.50. The first kappa shape index (κ1) is 42.6. The monoisotopic (exact) mass is 916 g/mol. The molecule has 0 saturated carbocycles. The van der Waals surface area contributed by atoms with Gasteiger partial charge in [0.05, 0.1) is 16.7 Å². The Morgan fingerprint density at radius 1 is 0.250 bits per heavy atom. The minimum absolute atomic E-state index is 1.06. The molecule has 2 heteroatoms. The van der Waals surface area contributed by atoms with Crippen LogP contribution in [0.4, 0.5) is 17.1 Å². The Balaban J connectivity index is 0.978. The van der Waals surface area contributed by atoms with Crippen molar-refractivity contribution in [3.8, 4) is 72.4 Å². The average molecular weight is 917 g/mol. The molecule has 13 rings (SSSR count). The molecule has 1 aromatic heterocycles. The highest BCUT2D eigenvalue weighted by atomic mass is 15.1. The van der Waals surface area contributed by atoms with E-state index in [4.69, 9.17) is 0 Å². The number of hydrogen-bond donors (Lipinski definition) is 0. The molecule has 0 aliphatic rings. The number of nitrogens with zero attached hydrogens (tertiary/aromatic N) is 2. The first-order valence-corrected chi connectivity index (χ1v) is 24.8. The van der Waals surface area contributed by atoms with Crippen molar-refractivity contribution in [1.82, 2.24) is 4.57 Å². The fourth-order valence-corrected chi connectivity index (χ4v) is 10.9. The van der Waals surface area contributed by atoms with Gasteiger partial charge in [-0.1, -0.05) is 243 Å². The van der Waals surface area contributed by atoms with Crippen molar-refractivity contribution in [2.45, 2.75) is 0 Å². The predicted molar refractivity (Wildman–Crippen MR) is 306 cm³/mol. The molecule has 0 atom stereocenters. The third-order valence-electron chi connectivity index (χ3n) is 14.2. The summed E-state index contributed by atoms with van der Waals surface area (Å²) in [6.45, 7) is 0. The molecule has 0 aliphatic carbocycles. The Morgan fingerprint density at radius 3 is 1.39 bits per heavy atom. The van der Waals surface area contributed by atoms with Gasteiger partial charge in [-0.3, -0.25) is 0 Å². The van der Waals surface area contributed by atoms with E-state index in [2.05, 4.69) is 301 Å². The molecular weight excluding hydrogens is 869 g/mol.